The lowest BCUT2D eigenvalue weighted by Crippen LogP contribution is -2.14. The fourth-order valence-corrected chi connectivity index (χ4v) is 3.41. The van der Waals surface area contributed by atoms with E-state index in [1.165, 1.54) is 11.3 Å². The van der Waals surface area contributed by atoms with Gasteiger partial charge in [-0.2, -0.15) is 11.3 Å². The lowest BCUT2D eigenvalue weighted by molar-refractivity contribution is 0.282. The van der Waals surface area contributed by atoms with Crippen molar-refractivity contribution in [2.24, 2.45) is 0 Å². The number of nitrogens with one attached hydrogen (secondary N) is 1. The zero-order valence-corrected chi connectivity index (χ0v) is 11.2. The molecule has 2 N–H and O–H groups in total. The quantitative estimate of drug-likeness (QED) is 0.884. The predicted molar refractivity (Wildman–Crippen MR) is 72.9 cm³/mol. The number of hydrogen-bond donors (Lipinski definition) is 2. The first-order valence-corrected chi connectivity index (χ1v) is 7.90. The van der Waals surface area contributed by atoms with Crippen LogP contribution in [0.3, 0.4) is 0 Å². The highest BCUT2D eigenvalue weighted by molar-refractivity contribution is 7.91. The molecule has 1 heterocycles. The second-order valence-electron chi connectivity index (χ2n) is 3.85. The average molecular weight is 283 g/mol. The number of aliphatic hydroxyl groups excluding tert-OH is 1. The van der Waals surface area contributed by atoms with Crippen LogP contribution in [-0.4, -0.2) is 13.5 Å². The van der Waals surface area contributed by atoms with Crippen LogP contribution in [0.25, 0.3) is 0 Å². The molecule has 0 unspecified atom stereocenters. The molecule has 96 valence electrons. The van der Waals surface area contributed by atoms with Gasteiger partial charge in [0.25, 0.3) is 0 Å². The lowest BCUT2D eigenvalue weighted by Gasteiger charge is -2.07. The third-order valence-electron chi connectivity index (χ3n) is 2.33. The van der Waals surface area contributed by atoms with E-state index in [0.717, 1.165) is 0 Å². The Morgan fingerprint density at radius 3 is 2.67 bits per heavy atom. The van der Waals surface area contributed by atoms with Gasteiger partial charge in [-0.1, -0.05) is 24.3 Å². The van der Waals surface area contributed by atoms with Crippen molar-refractivity contribution in [2.45, 2.75) is 12.4 Å². The van der Waals surface area contributed by atoms with E-state index in [4.69, 9.17) is 5.11 Å². The minimum atomic E-state index is -3.41. The molecule has 0 aliphatic carbocycles. The number of hydrogen-bond acceptors (Lipinski definition) is 4. The smallest absolute Gasteiger partial charge is 0.236 e. The summed E-state index contributed by atoms with van der Waals surface area (Å²) in [7, 11) is -3.41. The van der Waals surface area contributed by atoms with E-state index in [1.54, 1.807) is 35.7 Å². The maximum Gasteiger partial charge on any atom is 0.236 e. The molecular formula is C12H13NO3S2. The standard InChI is InChI=1S/C12H13NO3S2/c14-7-10-2-1-3-11(6-10)9-18(15,16)13-12-4-5-17-8-12/h1-6,8,13-14H,7,9H2. The first kappa shape index (κ1) is 13.1. The minimum Gasteiger partial charge on any atom is -0.392 e. The average Bonchev–Trinajstić information content (AvgIpc) is 2.80. The van der Waals surface area contributed by atoms with Crippen molar-refractivity contribution in [2.75, 3.05) is 4.72 Å². The molecule has 6 heteroatoms. The van der Waals surface area contributed by atoms with Gasteiger partial charge in [-0.25, -0.2) is 8.42 Å². The summed E-state index contributed by atoms with van der Waals surface area (Å²) in [5, 5.41) is 12.6. The summed E-state index contributed by atoms with van der Waals surface area (Å²) < 4.78 is 26.3. The summed E-state index contributed by atoms with van der Waals surface area (Å²) >= 11 is 1.43. The van der Waals surface area contributed by atoms with Crippen LogP contribution in [-0.2, 0) is 22.4 Å². The number of aliphatic hydroxyl groups is 1. The van der Waals surface area contributed by atoms with E-state index in [9.17, 15) is 8.42 Å². The molecule has 0 fully saturated rings. The first-order valence-electron chi connectivity index (χ1n) is 5.30. The number of benzene rings is 1. The van der Waals surface area contributed by atoms with E-state index in [1.807, 2.05) is 5.38 Å². The van der Waals surface area contributed by atoms with Crippen LogP contribution in [0.1, 0.15) is 11.1 Å². The molecule has 0 atom stereocenters. The summed E-state index contributed by atoms with van der Waals surface area (Å²) in [5.41, 5.74) is 1.95. The molecule has 0 aliphatic heterocycles. The van der Waals surface area contributed by atoms with Crippen LogP contribution < -0.4 is 4.72 Å². The number of anilines is 1. The summed E-state index contributed by atoms with van der Waals surface area (Å²) in [6.45, 7) is -0.0914. The van der Waals surface area contributed by atoms with Gasteiger partial charge >= 0.3 is 0 Å². The minimum absolute atomic E-state index is 0.0914. The zero-order valence-electron chi connectivity index (χ0n) is 9.54. The normalized spacial score (nSPS) is 11.4. The van der Waals surface area contributed by atoms with Gasteiger partial charge in [0, 0.05) is 5.38 Å². The molecular weight excluding hydrogens is 270 g/mol. The van der Waals surface area contributed by atoms with E-state index < -0.39 is 10.0 Å². The summed E-state index contributed by atoms with van der Waals surface area (Å²) in [6, 6.07) is 8.62. The third kappa shape index (κ3) is 3.56. The third-order valence-corrected chi connectivity index (χ3v) is 4.27. The number of thiophene rings is 1. The van der Waals surface area contributed by atoms with Crippen LogP contribution in [0.5, 0.6) is 0 Å². The topological polar surface area (TPSA) is 66.4 Å². The van der Waals surface area contributed by atoms with Gasteiger partial charge in [0.15, 0.2) is 0 Å². The second kappa shape index (κ2) is 5.51. The van der Waals surface area contributed by atoms with Gasteiger partial charge in [0.2, 0.25) is 10.0 Å². The van der Waals surface area contributed by atoms with Gasteiger partial charge in [-0.05, 0) is 22.6 Å². The highest BCUT2D eigenvalue weighted by atomic mass is 32.2. The van der Waals surface area contributed by atoms with Crippen LogP contribution in [0.4, 0.5) is 5.69 Å². The zero-order chi connectivity index (χ0) is 13.0. The summed E-state index contributed by atoms with van der Waals surface area (Å²) in [4.78, 5) is 0. The van der Waals surface area contributed by atoms with Gasteiger partial charge in [0.05, 0.1) is 18.0 Å². The molecule has 4 nitrogen and oxygen atoms in total. The van der Waals surface area contributed by atoms with Crippen molar-refractivity contribution in [3.63, 3.8) is 0 Å². The largest absolute Gasteiger partial charge is 0.392 e. The van der Waals surface area contributed by atoms with Crippen molar-refractivity contribution in [1.29, 1.82) is 0 Å². The predicted octanol–water partition coefficient (Wildman–Crippen LogP) is 2.18. The van der Waals surface area contributed by atoms with Crippen LogP contribution >= 0.6 is 11.3 Å². The maximum atomic E-state index is 11.9. The molecule has 18 heavy (non-hydrogen) atoms. The maximum absolute atomic E-state index is 11.9. The molecule has 2 rings (SSSR count). The Labute approximate surface area is 110 Å². The first-order chi connectivity index (χ1) is 8.59. The van der Waals surface area contributed by atoms with Crippen molar-refractivity contribution in [1.82, 2.24) is 0 Å². The summed E-state index contributed by atoms with van der Waals surface area (Å²) in [5.74, 6) is -0.101. The Hall–Kier alpha value is -1.37. The Kier molecular flexibility index (Phi) is 4.00. The van der Waals surface area contributed by atoms with E-state index in [0.29, 0.717) is 16.8 Å². The highest BCUT2D eigenvalue weighted by Crippen LogP contribution is 2.16. The van der Waals surface area contributed by atoms with Crippen molar-refractivity contribution in [3.8, 4) is 0 Å². The van der Waals surface area contributed by atoms with Gasteiger partial charge in [-0.15, -0.1) is 0 Å². The van der Waals surface area contributed by atoms with Crippen molar-refractivity contribution < 1.29 is 13.5 Å². The molecule has 2 aromatic rings. The van der Waals surface area contributed by atoms with E-state index >= 15 is 0 Å². The molecule has 0 aliphatic rings. The van der Waals surface area contributed by atoms with E-state index in [2.05, 4.69) is 4.72 Å². The highest BCUT2D eigenvalue weighted by Gasteiger charge is 2.12. The van der Waals surface area contributed by atoms with Crippen LogP contribution in [0.2, 0.25) is 0 Å². The lowest BCUT2D eigenvalue weighted by atomic mass is 10.1. The van der Waals surface area contributed by atoms with Crippen molar-refractivity contribution in [3.05, 3.63) is 52.2 Å². The molecule has 0 spiro atoms. The summed E-state index contributed by atoms with van der Waals surface area (Å²) in [6.07, 6.45) is 0. The Balaban J connectivity index is 2.12. The van der Waals surface area contributed by atoms with Crippen LogP contribution in [0, 0.1) is 0 Å². The molecule has 1 aromatic carbocycles. The molecule has 0 radical (unpaired) electrons. The molecule has 0 saturated carbocycles. The van der Waals surface area contributed by atoms with Crippen molar-refractivity contribution >= 4 is 27.0 Å². The van der Waals surface area contributed by atoms with Gasteiger partial charge in [-0.3, -0.25) is 4.72 Å². The second-order valence-corrected chi connectivity index (χ2v) is 6.35. The number of sulfonamides is 1. The van der Waals surface area contributed by atoms with Gasteiger partial charge < -0.3 is 5.11 Å². The van der Waals surface area contributed by atoms with E-state index in [-0.39, 0.29) is 12.4 Å². The molecule has 0 saturated heterocycles. The van der Waals surface area contributed by atoms with Crippen LogP contribution in [0.15, 0.2) is 41.1 Å². The molecule has 1 aromatic heterocycles. The SMILES string of the molecule is O=S(=O)(Cc1cccc(CO)c1)Nc1ccsc1. The monoisotopic (exact) mass is 283 g/mol. The molecule has 0 amide bonds. The Bertz CT molecular complexity index is 606. The Morgan fingerprint density at radius 2 is 2.00 bits per heavy atom. The molecule has 0 bridgehead atoms. The fourth-order valence-electron chi connectivity index (χ4n) is 1.58. The fraction of sp³-hybridized carbons (Fsp3) is 0.167. The Morgan fingerprint density at radius 1 is 1.22 bits per heavy atom. The van der Waals surface area contributed by atoms with Gasteiger partial charge in [0.1, 0.15) is 0 Å². The number of rotatable bonds is 5.